The van der Waals surface area contributed by atoms with Crippen LogP contribution in [0.2, 0.25) is 0 Å². The number of nitrogens with one attached hydrogen (secondary N) is 1. The number of aromatic nitrogens is 1. The highest BCUT2D eigenvalue weighted by Gasteiger charge is 2.28. The van der Waals surface area contributed by atoms with E-state index in [0.29, 0.717) is 36.7 Å². The highest BCUT2D eigenvalue weighted by Crippen LogP contribution is 2.31. The molecule has 158 valence electrons. The van der Waals surface area contributed by atoms with Crippen LogP contribution in [-0.2, 0) is 13.1 Å². The second-order valence-electron chi connectivity index (χ2n) is 8.98. The van der Waals surface area contributed by atoms with Crippen molar-refractivity contribution < 1.29 is 9.90 Å². The fraction of sp³-hybridized carbons (Fsp3) is 0.423. The molecular formula is C26H32N2O2. The summed E-state index contributed by atoms with van der Waals surface area (Å²) in [6.07, 6.45) is 3.69. The maximum absolute atomic E-state index is 12.4. The number of aryl methyl sites for hydroxylation is 1. The van der Waals surface area contributed by atoms with E-state index < -0.39 is 5.97 Å². The smallest absolute Gasteiger partial charge is 0.352 e. The molecule has 4 rings (SSSR count). The minimum Gasteiger partial charge on any atom is -0.477 e. The standard InChI is InChI=1S/C26H32N2O2/c1-17-8-6-10-20(14-17)16-28-24-13-5-4-11-21(24)22(25(28)26(29)30)15-27-23-12-7-9-18(2)19(23)3/h4-6,8,10-11,13-14,18-19,23,27H,7,9,12,15-16H2,1-3H3,(H,29,30)/t18-,19+,23+/m0/s1. The van der Waals surface area contributed by atoms with Crippen molar-refractivity contribution in [3.05, 3.63) is 70.9 Å². The summed E-state index contributed by atoms with van der Waals surface area (Å²) >= 11 is 0. The molecule has 0 aliphatic heterocycles. The van der Waals surface area contributed by atoms with E-state index in [1.165, 1.54) is 18.4 Å². The molecule has 0 saturated heterocycles. The normalized spacial score (nSPS) is 21.8. The summed E-state index contributed by atoms with van der Waals surface area (Å²) in [5.41, 5.74) is 4.59. The van der Waals surface area contributed by atoms with Gasteiger partial charge in [0.05, 0.1) is 0 Å². The van der Waals surface area contributed by atoms with Gasteiger partial charge in [0.1, 0.15) is 5.69 Å². The first-order chi connectivity index (χ1) is 14.5. The Morgan fingerprint density at radius 2 is 1.93 bits per heavy atom. The zero-order valence-electron chi connectivity index (χ0n) is 18.2. The minimum absolute atomic E-state index is 0.404. The molecule has 1 aliphatic carbocycles. The van der Waals surface area contributed by atoms with Crippen LogP contribution < -0.4 is 5.32 Å². The van der Waals surface area contributed by atoms with Gasteiger partial charge in [-0.1, -0.05) is 74.7 Å². The van der Waals surface area contributed by atoms with Gasteiger partial charge in [0.25, 0.3) is 0 Å². The van der Waals surface area contributed by atoms with E-state index in [0.717, 1.165) is 28.5 Å². The molecule has 30 heavy (non-hydrogen) atoms. The molecular weight excluding hydrogens is 372 g/mol. The van der Waals surface area contributed by atoms with Gasteiger partial charge in [0, 0.05) is 35.6 Å². The van der Waals surface area contributed by atoms with E-state index >= 15 is 0 Å². The van der Waals surface area contributed by atoms with E-state index in [4.69, 9.17) is 0 Å². The van der Waals surface area contributed by atoms with E-state index in [1.807, 2.05) is 28.8 Å². The van der Waals surface area contributed by atoms with Gasteiger partial charge in [0.15, 0.2) is 0 Å². The molecule has 1 heterocycles. The van der Waals surface area contributed by atoms with Crippen molar-refractivity contribution in [1.29, 1.82) is 0 Å². The van der Waals surface area contributed by atoms with Gasteiger partial charge in [-0.05, 0) is 36.8 Å². The molecule has 0 amide bonds. The number of carbonyl (C=O) groups is 1. The lowest BCUT2D eigenvalue weighted by Gasteiger charge is -2.34. The summed E-state index contributed by atoms with van der Waals surface area (Å²) in [4.78, 5) is 12.4. The van der Waals surface area contributed by atoms with Crippen LogP contribution >= 0.6 is 0 Å². The quantitative estimate of drug-likeness (QED) is 0.561. The van der Waals surface area contributed by atoms with Crippen molar-refractivity contribution in [2.45, 2.75) is 59.2 Å². The summed E-state index contributed by atoms with van der Waals surface area (Å²) in [5.74, 6) is 0.450. The Morgan fingerprint density at radius 3 is 2.70 bits per heavy atom. The summed E-state index contributed by atoms with van der Waals surface area (Å²) in [5, 5.41) is 14.9. The second kappa shape index (κ2) is 8.65. The zero-order chi connectivity index (χ0) is 21.3. The maximum atomic E-state index is 12.4. The van der Waals surface area contributed by atoms with Crippen molar-refractivity contribution in [1.82, 2.24) is 9.88 Å². The van der Waals surface area contributed by atoms with Crippen LogP contribution in [0.4, 0.5) is 0 Å². The van der Waals surface area contributed by atoms with Crippen LogP contribution in [0.1, 0.15) is 60.3 Å². The molecule has 1 aromatic heterocycles. The van der Waals surface area contributed by atoms with Crippen LogP contribution in [0.25, 0.3) is 10.9 Å². The Labute approximate surface area is 178 Å². The Balaban J connectivity index is 1.72. The topological polar surface area (TPSA) is 54.3 Å². The molecule has 2 N–H and O–H groups in total. The molecule has 2 aromatic carbocycles. The number of carboxylic acids is 1. The van der Waals surface area contributed by atoms with Gasteiger partial charge in [-0.2, -0.15) is 0 Å². The predicted octanol–water partition coefficient (Wildman–Crippen LogP) is 5.61. The molecule has 4 nitrogen and oxygen atoms in total. The highest BCUT2D eigenvalue weighted by molar-refractivity contribution is 5.98. The lowest BCUT2D eigenvalue weighted by atomic mass is 9.78. The van der Waals surface area contributed by atoms with Crippen LogP contribution in [0, 0.1) is 18.8 Å². The van der Waals surface area contributed by atoms with Gasteiger partial charge >= 0.3 is 5.97 Å². The van der Waals surface area contributed by atoms with E-state index in [1.54, 1.807) is 0 Å². The molecule has 4 heteroatoms. The number of rotatable bonds is 6. The number of para-hydroxylation sites is 1. The van der Waals surface area contributed by atoms with Crippen LogP contribution in [0.15, 0.2) is 48.5 Å². The van der Waals surface area contributed by atoms with Crippen molar-refractivity contribution in [2.24, 2.45) is 11.8 Å². The molecule has 1 saturated carbocycles. The lowest BCUT2D eigenvalue weighted by molar-refractivity contribution is 0.0684. The number of hydrogen-bond donors (Lipinski definition) is 2. The van der Waals surface area contributed by atoms with Crippen molar-refractivity contribution >= 4 is 16.9 Å². The molecule has 3 atom stereocenters. The highest BCUT2D eigenvalue weighted by atomic mass is 16.4. The monoisotopic (exact) mass is 404 g/mol. The van der Waals surface area contributed by atoms with E-state index in [2.05, 4.69) is 50.4 Å². The average molecular weight is 405 g/mol. The number of carboxylic acid groups (broad SMARTS) is 1. The maximum Gasteiger partial charge on any atom is 0.352 e. The summed E-state index contributed by atoms with van der Waals surface area (Å²) in [6.45, 7) is 7.86. The third-order valence-corrected chi connectivity index (χ3v) is 6.95. The Hall–Kier alpha value is -2.59. The molecule has 0 radical (unpaired) electrons. The van der Waals surface area contributed by atoms with E-state index in [9.17, 15) is 9.90 Å². The molecule has 3 aromatic rings. The molecule has 0 bridgehead atoms. The summed E-state index contributed by atoms with van der Waals surface area (Å²) in [6, 6.07) is 16.8. The Morgan fingerprint density at radius 1 is 1.13 bits per heavy atom. The van der Waals surface area contributed by atoms with E-state index in [-0.39, 0.29) is 0 Å². The molecule has 0 spiro atoms. The average Bonchev–Trinajstić information content (AvgIpc) is 3.03. The van der Waals surface area contributed by atoms with Crippen LogP contribution in [-0.4, -0.2) is 21.7 Å². The fourth-order valence-corrected chi connectivity index (χ4v) is 5.06. The number of fused-ring (bicyclic) bond motifs is 1. The van der Waals surface area contributed by atoms with Crippen molar-refractivity contribution in [3.63, 3.8) is 0 Å². The first-order valence-electron chi connectivity index (χ1n) is 11.1. The first kappa shape index (κ1) is 20.7. The lowest BCUT2D eigenvalue weighted by Crippen LogP contribution is -2.40. The molecule has 1 fully saturated rings. The summed E-state index contributed by atoms with van der Waals surface area (Å²) < 4.78 is 1.97. The van der Waals surface area contributed by atoms with Crippen molar-refractivity contribution in [3.8, 4) is 0 Å². The van der Waals surface area contributed by atoms with Crippen LogP contribution in [0.5, 0.6) is 0 Å². The van der Waals surface area contributed by atoms with Gasteiger partial charge < -0.3 is 15.0 Å². The number of aromatic carboxylic acids is 1. The Bertz CT molecular complexity index is 1050. The molecule has 0 unspecified atom stereocenters. The van der Waals surface area contributed by atoms with Crippen LogP contribution in [0.3, 0.4) is 0 Å². The first-order valence-corrected chi connectivity index (χ1v) is 11.1. The number of hydrogen-bond acceptors (Lipinski definition) is 2. The largest absolute Gasteiger partial charge is 0.477 e. The number of nitrogens with zero attached hydrogens (tertiary/aromatic N) is 1. The predicted molar refractivity (Wildman–Crippen MR) is 122 cm³/mol. The number of benzene rings is 2. The third kappa shape index (κ3) is 4.01. The third-order valence-electron chi connectivity index (χ3n) is 6.95. The molecule has 1 aliphatic rings. The van der Waals surface area contributed by atoms with Crippen molar-refractivity contribution in [2.75, 3.05) is 0 Å². The second-order valence-corrected chi connectivity index (χ2v) is 8.98. The Kier molecular flexibility index (Phi) is 5.96. The SMILES string of the molecule is Cc1cccc(Cn2c(C(=O)O)c(CN[C@@H]3CCC[C@H](C)[C@H]3C)c3ccccc32)c1. The van der Waals surface area contributed by atoms with Gasteiger partial charge in [-0.25, -0.2) is 4.79 Å². The minimum atomic E-state index is -0.860. The van der Waals surface area contributed by atoms with Gasteiger partial charge in [0.2, 0.25) is 0 Å². The van der Waals surface area contributed by atoms with Gasteiger partial charge in [-0.15, -0.1) is 0 Å². The summed E-state index contributed by atoms with van der Waals surface area (Å²) in [7, 11) is 0. The fourth-order valence-electron chi connectivity index (χ4n) is 5.06. The van der Waals surface area contributed by atoms with Gasteiger partial charge in [-0.3, -0.25) is 0 Å². The zero-order valence-corrected chi connectivity index (χ0v) is 18.2.